The molecule has 0 aliphatic heterocycles. The Balaban J connectivity index is 2.28. The smallest absolute Gasteiger partial charge is 0.123 e. The maximum atomic E-state index is 13.3. The average Bonchev–Trinajstić information content (AvgIpc) is 2.37. The van der Waals surface area contributed by atoms with E-state index < -0.39 is 18.0 Å². The molecule has 18 heavy (non-hydrogen) atoms. The van der Waals surface area contributed by atoms with E-state index in [0.29, 0.717) is 16.7 Å². The number of aliphatic hydroxyl groups excluding tert-OH is 2. The van der Waals surface area contributed by atoms with Gasteiger partial charge < -0.3 is 10.2 Å². The van der Waals surface area contributed by atoms with Crippen LogP contribution in [0.25, 0.3) is 0 Å². The molecule has 0 aromatic heterocycles. The zero-order valence-corrected chi connectivity index (χ0v) is 10.0. The number of aryl methyl sites for hydroxylation is 1. The van der Waals surface area contributed by atoms with Crippen LogP contribution in [0.3, 0.4) is 0 Å². The molecule has 0 saturated carbocycles. The third kappa shape index (κ3) is 2.75. The Labute approximate surface area is 105 Å². The molecular weight excluding hydrogens is 231 g/mol. The summed E-state index contributed by atoms with van der Waals surface area (Å²) in [4.78, 5) is 0. The van der Waals surface area contributed by atoms with Crippen molar-refractivity contribution in [3.05, 3.63) is 71.0 Å². The summed E-state index contributed by atoms with van der Waals surface area (Å²) in [6.07, 6.45) is -2.20. The summed E-state index contributed by atoms with van der Waals surface area (Å²) < 4.78 is 13.3. The topological polar surface area (TPSA) is 40.5 Å². The van der Waals surface area contributed by atoms with E-state index in [1.54, 1.807) is 37.3 Å². The van der Waals surface area contributed by atoms with E-state index in [1.165, 1.54) is 12.1 Å². The fraction of sp³-hybridized carbons (Fsp3) is 0.200. The van der Waals surface area contributed by atoms with Gasteiger partial charge in [-0.05, 0) is 35.7 Å². The lowest BCUT2D eigenvalue weighted by Gasteiger charge is -2.19. The molecular formula is C15H15FO2. The Morgan fingerprint density at radius 2 is 1.50 bits per heavy atom. The highest BCUT2D eigenvalue weighted by Crippen LogP contribution is 2.29. The number of rotatable bonds is 3. The van der Waals surface area contributed by atoms with Crippen LogP contribution in [0.15, 0.2) is 48.5 Å². The normalized spacial score (nSPS) is 14.2. The molecule has 0 heterocycles. The van der Waals surface area contributed by atoms with Gasteiger partial charge in [-0.2, -0.15) is 0 Å². The second-order valence-electron chi connectivity index (χ2n) is 4.36. The highest BCUT2D eigenvalue weighted by Gasteiger charge is 2.20. The van der Waals surface area contributed by atoms with E-state index in [1.807, 2.05) is 6.07 Å². The average molecular weight is 246 g/mol. The summed E-state index contributed by atoms with van der Waals surface area (Å²) in [5.74, 6) is -0.413. The summed E-state index contributed by atoms with van der Waals surface area (Å²) in [5, 5.41) is 20.1. The summed E-state index contributed by atoms with van der Waals surface area (Å²) in [6.45, 7) is 1.74. The van der Waals surface area contributed by atoms with E-state index in [2.05, 4.69) is 0 Å². The molecule has 94 valence electrons. The van der Waals surface area contributed by atoms with Crippen LogP contribution in [-0.2, 0) is 0 Å². The number of hydrogen-bond acceptors (Lipinski definition) is 2. The van der Waals surface area contributed by atoms with Crippen molar-refractivity contribution in [2.24, 2.45) is 0 Å². The second kappa shape index (κ2) is 5.29. The highest BCUT2D eigenvalue weighted by molar-refractivity contribution is 5.28. The quantitative estimate of drug-likeness (QED) is 0.874. The first kappa shape index (κ1) is 12.7. The lowest BCUT2D eigenvalue weighted by atomic mass is 9.97. The van der Waals surface area contributed by atoms with Gasteiger partial charge in [0.05, 0.1) is 0 Å². The van der Waals surface area contributed by atoms with Gasteiger partial charge in [0.15, 0.2) is 0 Å². The van der Waals surface area contributed by atoms with Crippen LogP contribution in [0.4, 0.5) is 4.39 Å². The number of aliphatic hydroxyl groups is 2. The maximum Gasteiger partial charge on any atom is 0.123 e. The van der Waals surface area contributed by atoms with Gasteiger partial charge in [0, 0.05) is 0 Å². The molecule has 0 aliphatic rings. The van der Waals surface area contributed by atoms with Crippen LogP contribution in [0.5, 0.6) is 0 Å². The lowest BCUT2D eigenvalue weighted by molar-refractivity contribution is 0.0170. The second-order valence-corrected chi connectivity index (χ2v) is 4.36. The molecule has 2 N–H and O–H groups in total. The Hall–Kier alpha value is -1.71. The molecule has 0 radical (unpaired) electrons. The van der Waals surface area contributed by atoms with Gasteiger partial charge in [-0.1, -0.05) is 36.4 Å². The first-order chi connectivity index (χ1) is 8.58. The summed E-state index contributed by atoms with van der Waals surface area (Å²) in [6, 6.07) is 13.1. The molecule has 2 aromatic carbocycles. The maximum absolute atomic E-state index is 13.3. The zero-order valence-electron chi connectivity index (χ0n) is 10.0. The van der Waals surface area contributed by atoms with Crippen LogP contribution in [0.2, 0.25) is 0 Å². The molecule has 2 unspecified atom stereocenters. The van der Waals surface area contributed by atoms with Crippen LogP contribution in [0.1, 0.15) is 28.9 Å². The van der Waals surface area contributed by atoms with Crippen LogP contribution in [0, 0.1) is 12.7 Å². The SMILES string of the molecule is Cc1cc(F)cc(C(O)C(O)c2ccccc2)c1. The van der Waals surface area contributed by atoms with Crippen molar-refractivity contribution in [1.29, 1.82) is 0 Å². The zero-order chi connectivity index (χ0) is 13.1. The third-order valence-electron chi connectivity index (χ3n) is 2.85. The van der Waals surface area contributed by atoms with Crippen molar-refractivity contribution in [3.8, 4) is 0 Å². The summed E-state index contributed by atoms with van der Waals surface area (Å²) in [7, 11) is 0. The fourth-order valence-corrected chi connectivity index (χ4v) is 1.95. The van der Waals surface area contributed by atoms with Crippen molar-refractivity contribution >= 4 is 0 Å². The molecule has 0 spiro atoms. The molecule has 3 heteroatoms. The van der Waals surface area contributed by atoms with Gasteiger partial charge in [-0.25, -0.2) is 4.39 Å². The van der Waals surface area contributed by atoms with Crippen LogP contribution < -0.4 is 0 Å². The van der Waals surface area contributed by atoms with Crippen LogP contribution >= 0.6 is 0 Å². The van der Waals surface area contributed by atoms with Gasteiger partial charge in [-0.15, -0.1) is 0 Å². The highest BCUT2D eigenvalue weighted by atomic mass is 19.1. The number of halogens is 1. The molecule has 0 fully saturated rings. The van der Waals surface area contributed by atoms with Gasteiger partial charge in [0.2, 0.25) is 0 Å². The molecule has 2 atom stereocenters. The minimum Gasteiger partial charge on any atom is -0.385 e. The summed E-state index contributed by atoms with van der Waals surface area (Å²) in [5.41, 5.74) is 1.69. The molecule has 0 saturated heterocycles. The minimum absolute atomic E-state index is 0.379. The fourth-order valence-electron chi connectivity index (χ4n) is 1.95. The molecule has 0 bridgehead atoms. The predicted molar refractivity (Wildman–Crippen MR) is 67.5 cm³/mol. The first-order valence-corrected chi connectivity index (χ1v) is 5.76. The van der Waals surface area contributed by atoms with E-state index in [-0.39, 0.29) is 0 Å². The van der Waals surface area contributed by atoms with Gasteiger partial charge in [-0.3, -0.25) is 0 Å². The predicted octanol–water partition coefficient (Wildman–Crippen LogP) is 2.90. The van der Waals surface area contributed by atoms with Crippen molar-refractivity contribution in [2.75, 3.05) is 0 Å². The Morgan fingerprint density at radius 1 is 0.889 bits per heavy atom. The van der Waals surface area contributed by atoms with Crippen molar-refractivity contribution in [1.82, 2.24) is 0 Å². The minimum atomic E-state index is -1.14. The van der Waals surface area contributed by atoms with E-state index in [9.17, 15) is 14.6 Å². The molecule has 2 rings (SSSR count). The van der Waals surface area contributed by atoms with Crippen LogP contribution in [-0.4, -0.2) is 10.2 Å². The van der Waals surface area contributed by atoms with Gasteiger partial charge >= 0.3 is 0 Å². The van der Waals surface area contributed by atoms with Crippen molar-refractivity contribution in [2.45, 2.75) is 19.1 Å². The van der Waals surface area contributed by atoms with Gasteiger partial charge in [0.1, 0.15) is 18.0 Å². The Kier molecular flexibility index (Phi) is 3.75. The Morgan fingerprint density at radius 3 is 2.11 bits per heavy atom. The number of benzene rings is 2. The standard InChI is InChI=1S/C15H15FO2/c1-10-7-12(9-13(16)8-10)15(18)14(17)11-5-3-2-4-6-11/h2-9,14-15,17-18H,1H3. The van der Waals surface area contributed by atoms with E-state index >= 15 is 0 Å². The summed E-state index contributed by atoms with van der Waals surface area (Å²) >= 11 is 0. The molecule has 2 aromatic rings. The third-order valence-corrected chi connectivity index (χ3v) is 2.85. The number of hydrogen-bond donors (Lipinski definition) is 2. The molecule has 2 nitrogen and oxygen atoms in total. The Bertz CT molecular complexity index is 505. The first-order valence-electron chi connectivity index (χ1n) is 5.76. The molecule has 0 aliphatic carbocycles. The molecule has 0 amide bonds. The van der Waals surface area contributed by atoms with Gasteiger partial charge in [0.25, 0.3) is 0 Å². The van der Waals surface area contributed by atoms with E-state index in [4.69, 9.17) is 0 Å². The monoisotopic (exact) mass is 246 g/mol. The van der Waals surface area contributed by atoms with Crippen molar-refractivity contribution < 1.29 is 14.6 Å². The largest absolute Gasteiger partial charge is 0.385 e. The van der Waals surface area contributed by atoms with Crippen molar-refractivity contribution in [3.63, 3.8) is 0 Å². The van der Waals surface area contributed by atoms with E-state index in [0.717, 1.165) is 0 Å². The lowest BCUT2D eigenvalue weighted by Crippen LogP contribution is -2.10.